The van der Waals surface area contributed by atoms with Crippen molar-refractivity contribution in [3.05, 3.63) is 11.6 Å². The van der Waals surface area contributed by atoms with Gasteiger partial charge in [0.1, 0.15) is 6.10 Å². The largest absolute Gasteiger partial charge is 0.481 e. The van der Waals surface area contributed by atoms with Crippen LogP contribution in [-0.4, -0.2) is 28.1 Å². The van der Waals surface area contributed by atoms with Gasteiger partial charge in [-0.05, 0) is 73.7 Å². The molecule has 0 aliphatic heterocycles. The van der Waals surface area contributed by atoms with E-state index in [1.807, 2.05) is 13.0 Å². The van der Waals surface area contributed by atoms with Gasteiger partial charge in [-0.2, -0.15) is 0 Å². The molecular weight excluding hydrogens is 328 g/mol. The first kappa shape index (κ1) is 18.2. The number of fused-ring (bicyclic) bond motifs is 5. The number of Topliss-reactive ketones (excluding diaryl/α,β-unsaturated/α-hetero) is 1. The number of carbonyl (C=O) groups excluding carboxylic acids is 1. The third-order valence-electron chi connectivity index (χ3n) is 9.24. The van der Waals surface area contributed by atoms with Crippen LogP contribution >= 0.6 is 0 Å². The van der Waals surface area contributed by atoms with Crippen molar-refractivity contribution in [2.45, 2.75) is 71.8 Å². The predicted octanol–water partition coefficient (Wildman–Crippen LogP) is 3.83. The number of hydrogen-bond donors (Lipinski definition) is 2. The maximum Gasteiger partial charge on any atom is 0.303 e. The molecule has 4 rings (SSSR count). The Morgan fingerprint density at radius 1 is 1.19 bits per heavy atom. The molecule has 0 aromatic rings. The Hall–Kier alpha value is -1.16. The van der Waals surface area contributed by atoms with Gasteiger partial charge >= 0.3 is 5.97 Å². The molecule has 3 fully saturated rings. The highest BCUT2D eigenvalue weighted by Crippen LogP contribution is 2.67. The zero-order chi connectivity index (χ0) is 18.9. The van der Waals surface area contributed by atoms with E-state index >= 15 is 0 Å². The van der Waals surface area contributed by atoms with E-state index in [1.54, 1.807) is 0 Å². The summed E-state index contributed by atoms with van der Waals surface area (Å²) in [6.45, 7) is 6.61. The molecule has 0 radical (unpaired) electrons. The van der Waals surface area contributed by atoms with E-state index in [2.05, 4.69) is 13.8 Å². The van der Waals surface area contributed by atoms with E-state index < -0.39 is 12.1 Å². The number of rotatable bonds is 2. The molecule has 0 spiro atoms. The van der Waals surface area contributed by atoms with Crippen molar-refractivity contribution in [2.24, 2.45) is 40.4 Å². The van der Waals surface area contributed by atoms with Gasteiger partial charge in [0.05, 0.1) is 0 Å². The van der Waals surface area contributed by atoms with Crippen LogP contribution in [0.2, 0.25) is 0 Å². The van der Waals surface area contributed by atoms with Gasteiger partial charge in [0.25, 0.3) is 0 Å². The van der Waals surface area contributed by atoms with E-state index in [-0.39, 0.29) is 22.5 Å². The molecular formula is C22H32O4. The molecule has 0 heterocycles. The van der Waals surface area contributed by atoms with Crippen LogP contribution in [0.4, 0.5) is 0 Å². The van der Waals surface area contributed by atoms with Crippen molar-refractivity contribution in [2.75, 3.05) is 0 Å². The predicted molar refractivity (Wildman–Crippen MR) is 98.4 cm³/mol. The fraction of sp³-hybridized carbons (Fsp3) is 0.818. The summed E-state index contributed by atoms with van der Waals surface area (Å²) in [5.74, 6) is 1.11. The van der Waals surface area contributed by atoms with Gasteiger partial charge < -0.3 is 10.2 Å². The second kappa shape index (κ2) is 5.92. The molecule has 2 N–H and O–H groups in total. The molecule has 0 aromatic heterocycles. The van der Waals surface area contributed by atoms with E-state index in [4.69, 9.17) is 0 Å². The SMILES string of the molecule is CC1C(=O)C(O)C=C2CC[C@@H]3[C@@H](CC[C@]4(C)C(CC(=O)O)CC[C@@H]34)[C@]21C. The number of aliphatic hydroxyl groups is 1. The minimum Gasteiger partial charge on any atom is -0.481 e. The molecule has 4 heteroatoms. The molecule has 26 heavy (non-hydrogen) atoms. The first-order valence-electron chi connectivity index (χ1n) is 10.3. The lowest BCUT2D eigenvalue weighted by Crippen LogP contribution is -2.55. The highest BCUT2D eigenvalue weighted by atomic mass is 16.4. The minimum atomic E-state index is -0.926. The van der Waals surface area contributed by atoms with Crippen LogP contribution < -0.4 is 0 Å². The van der Waals surface area contributed by atoms with E-state index in [1.165, 1.54) is 5.57 Å². The van der Waals surface area contributed by atoms with Crippen LogP contribution in [0.15, 0.2) is 11.6 Å². The van der Waals surface area contributed by atoms with E-state index in [0.29, 0.717) is 30.1 Å². The summed E-state index contributed by atoms with van der Waals surface area (Å²) in [6.07, 6.45) is 7.63. The van der Waals surface area contributed by atoms with Crippen molar-refractivity contribution in [1.82, 2.24) is 0 Å². The van der Waals surface area contributed by atoms with Crippen LogP contribution in [0, 0.1) is 40.4 Å². The quantitative estimate of drug-likeness (QED) is 0.734. The number of aliphatic hydroxyl groups excluding tert-OH is 1. The van der Waals surface area contributed by atoms with Crippen LogP contribution in [-0.2, 0) is 9.59 Å². The highest BCUT2D eigenvalue weighted by molar-refractivity contribution is 5.89. The maximum absolute atomic E-state index is 12.6. The fourth-order valence-corrected chi connectivity index (χ4v) is 7.61. The molecule has 8 atom stereocenters. The molecule has 0 aromatic carbocycles. The van der Waals surface area contributed by atoms with Crippen molar-refractivity contribution in [3.8, 4) is 0 Å². The van der Waals surface area contributed by atoms with Gasteiger partial charge in [-0.25, -0.2) is 0 Å². The lowest BCUT2D eigenvalue weighted by Gasteiger charge is -2.59. The normalized spacial score (nSPS) is 50.5. The topological polar surface area (TPSA) is 74.6 Å². The monoisotopic (exact) mass is 360 g/mol. The summed E-state index contributed by atoms with van der Waals surface area (Å²) in [5.41, 5.74) is 1.30. The van der Waals surface area contributed by atoms with Gasteiger partial charge in [0.2, 0.25) is 0 Å². The number of hydrogen-bond acceptors (Lipinski definition) is 3. The Kier molecular flexibility index (Phi) is 4.15. The van der Waals surface area contributed by atoms with Gasteiger partial charge in [-0.3, -0.25) is 9.59 Å². The summed E-state index contributed by atoms with van der Waals surface area (Å²) in [5, 5.41) is 19.5. The van der Waals surface area contributed by atoms with Crippen LogP contribution in [0.3, 0.4) is 0 Å². The first-order valence-corrected chi connectivity index (χ1v) is 10.3. The summed E-state index contributed by atoms with van der Waals surface area (Å²) < 4.78 is 0. The summed E-state index contributed by atoms with van der Waals surface area (Å²) in [4.78, 5) is 23.9. The maximum atomic E-state index is 12.6. The summed E-state index contributed by atoms with van der Waals surface area (Å²) in [6, 6.07) is 0. The van der Waals surface area contributed by atoms with Gasteiger partial charge in [0.15, 0.2) is 5.78 Å². The molecule has 4 aliphatic rings. The van der Waals surface area contributed by atoms with Crippen LogP contribution in [0.1, 0.15) is 65.7 Å². The molecule has 0 saturated heterocycles. The Morgan fingerprint density at radius 2 is 1.92 bits per heavy atom. The molecule has 0 bridgehead atoms. The average molecular weight is 360 g/mol. The minimum absolute atomic E-state index is 0.0274. The molecule has 4 nitrogen and oxygen atoms in total. The Bertz CT molecular complexity index is 667. The van der Waals surface area contributed by atoms with Crippen LogP contribution in [0.5, 0.6) is 0 Å². The first-order chi connectivity index (χ1) is 12.2. The van der Waals surface area contributed by atoms with E-state index in [9.17, 15) is 19.8 Å². The van der Waals surface area contributed by atoms with Crippen molar-refractivity contribution < 1.29 is 19.8 Å². The van der Waals surface area contributed by atoms with Gasteiger partial charge in [-0.1, -0.05) is 26.3 Å². The van der Waals surface area contributed by atoms with Gasteiger partial charge in [-0.15, -0.1) is 0 Å². The highest BCUT2D eigenvalue weighted by Gasteiger charge is 2.61. The fourth-order valence-electron chi connectivity index (χ4n) is 7.61. The van der Waals surface area contributed by atoms with Crippen molar-refractivity contribution >= 4 is 11.8 Å². The number of allylic oxidation sites excluding steroid dienone is 1. The standard InChI is InChI=1S/C22H32O4/c1-12-20(26)18(23)10-14-4-6-15-16-7-5-13(11-19(24)25)21(16,2)9-8-17(15)22(12,14)3/h10,12-13,15-18,23H,4-9,11H2,1-3H3,(H,24,25)/t12?,13?,15-,16-,17+,18?,21+,22-/m0/s1. The molecule has 0 amide bonds. The smallest absolute Gasteiger partial charge is 0.303 e. The Morgan fingerprint density at radius 3 is 2.62 bits per heavy atom. The molecule has 4 aliphatic carbocycles. The van der Waals surface area contributed by atoms with Crippen molar-refractivity contribution in [1.29, 1.82) is 0 Å². The lowest BCUT2D eigenvalue weighted by molar-refractivity contribution is -0.143. The molecule has 3 unspecified atom stereocenters. The third kappa shape index (κ3) is 2.30. The number of carboxylic acid groups (broad SMARTS) is 1. The number of carbonyl (C=O) groups is 2. The summed E-state index contributed by atoms with van der Waals surface area (Å²) in [7, 11) is 0. The Balaban J connectivity index is 1.67. The molecule has 3 saturated carbocycles. The zero-order valence-corrected chi connectivity index (χ0v) is 16.2. The average Bonchev–Trinajstić information content (AvgIpc) is 2.91. The third-order valence-corrected chi connectivity index (χ3v) is 9.24. The Labute approximate surface area is 156 Å². The number of carboxylic acids is 1. The summed E-state index contributed by atoms with van der Waals surface area (Å²) >= 11 is 0. The second-order valence-corrected chi connectivity index (χ2v) is 9.88. The number of ketones is 1. The van der Waals surface area contributed by atoms with Crippen molar-refractivity contribution in [3.63, 3.8) is 0 Å². The van der Waals surface area contributed by atoms with E-state index in [0.717, 1.165) is 38.5 Å². The second-order valence-electron chi connectivity index (χ2n) is 9.88. The van der Waals surface area contributed by atoms with Crippen LogP contribution in [0.25, 0.3) is 0 Å². The molecule has 144 valence electrons. The van der Waals surface area contributed by atoms with Gasteiger partial charge in [0, 0.05) is 17.8 Å². The number of aliphatic carboxylic acids is 1. The zero-order valence-electron chi connectivity index (χ0n) is 16.2. The lowest BCUT2D eigenvalue weighted by atomic mass is 9.44.